The number of halogens is 2. The lowest BCUT2D eigenvalue weighted by atomic mass is 10.2. The highest BCUT2D eigenvalue weighted by Gasteiger charge is 2.34. The molecule has 8 nitrogen and oxygen atoms in total. The highest BCUT2D eigenvalue weighted by atomic mass is 35.5. The second-order valence-electron chi connectivity index (χ2n) is 7.14. The van der Waals surface area contributed by atoms with Gasteiger partial charge in [0.15, 0.2) is 5.13 Å². The van der Waals surface area contributed by atoms with Crippen LogP contribution in [-0.2, 0) is 14.8 Å². The zero-order valence-electron chi connectivity index (χ0n) is 16.3. The van der Waals surface area contributed by atoms with Gasteiger partial charge >= 0.3 is 0 Å². The number of amides is 1. The lowest BCUT2D eigenvalue weighted by Gasteiger charge is -2.18. The standard InChI is InChI=1S/C20H15Cl2N5O3S2/c21-14-9-16-18(10-15(14)22)27(11-24-16)17-5-7-26(19(17)28)12-1-3-13(4-2-12)32(29,30)25-20-23-6-8-31-20/h1-4,6,8-11,17H,5,7H2,(H,23,25). The van der Waals surface area contributed by atoms with Crippen LogP contribution in [0.2, 0.25) is 10.0 Å². The van der Waals surface area contributed by atoms with E-state index >= 15 is 0 Å². The first kappa shape index (κ1) is 21.2. The molecule has 2 aromatic heterocycles. The summed E-state index contributed by atoms with van der Waals surface area (Å²) in [5.74, 6) is -0.105. The summed E-state index contributed by atoms with van der Waals surface area (Å²) in [6.07, 6.45) is 3.71. The van der Waals surface area contributed by atoms with Gasteiger partial charge in [-0.2, -0.15) is 0 Å². The second-order valence-corrected chi connectivity index (χ2v) is 10.5. The first-order chi connectivity index (χ1) is 15.3. The molecule has 12 heteroatoms. The van der Waals surface area contributed by atoms with Gasteiger partial charge in [-0.1, -0.05) is 23.2 Å². The molecule has 1 saturated heterocycles. The van der Waals surface area contributed by atoms with Crippen LogP contribution in [0.4, 0.5) is 10.8 Å². The molecule has 1 N–H and O–H groups in total. The molecule has 0 aliphatic carbocycles. The van der Waals surface area contributed by atoms with Gasteiger partial charge in [0.05, 0.1) is 32.3 Å². The van der Waals surface area contributed by atoms with E-state index in [0.717, 1.165) is 5.52 Å². The lowest BCUT2D eigenvalue weighted by molar-refractivity contribution is -0.119. The number of fused-ring (bicyclic) bond motifs is 1. The quantitative estimate of drug-likeness (QED) is 0.426. The number of sulfonamides is 1. The van der Waals surface area contributed by atoms with Crippen molar-refractivity contribution >= 4 is 72.3 Å². The molecule has 0 spiro atoms. The van der Waals surface area contributed by atoms with Gasteiger partial charge in [-0.3, -0.25) is 9.52 Å². The Kier molecular flexibility index (Phi) is 5.32. The van der Waals surface area contributed by atoms with E-state index in [4.69, 9.17) is 23.2 Å². The third-order valence-electron chi connectivity index (χ3n) is 5.24. The monoisotopic (exact) mass is 507 g/mol. The van der Waals surface area contributed by atoms with Crippen LogP contribution in [0.15, 0.2) is 59.2 Å². The number of imidazole rings is 1. The predicted molar refractivity (Wildman–Crippen MR) is 125 cm³/mol. The molecule has 1 aliphatic heterocycles. The maximum atomic E-state index is 13.2. The fourth-order valence-corrected chi connectivity index (χ4v) is 5.81. The third kappa shape index (κ3) is 3.73. The first-order valence-electron chi connectivity index (χ1n) is 9.49. The van der Waals surface area contributed by atoms with Gasteiger partial charge in [-0.05, 0) is 42.8 Å². The van der Waals surface area contributed by atoms with E-state index in [1.807, 2.05) is 0 Å². The number of benzene rings is 2. The van der Waals surface area contributed by atoms with E-state index in [-0.39, 0.29) is 10.8 Å². The van der Waals surface area contributed by atoms with Gasteiger partial charge in [0.1, 0.15) is 6.04 Å². The summed E-state index contributed by atoms with van der Waals surface area (Å²) in [5, 5.41) is 2.78. The molecule has 1 fully saturated rings. The fraction of sp³-hybridized carbons (Fsp3) is 0.150. The highest BCUT2D eigenvalue weighted by Crippen LogP contribution is 2.34. The Morgan fingerprint density at radius 1 is 1.09 bits per heavy atom. The van der Waals surface area contributed by atoms with Crippen LogP contribution >= 0.6 is 34.5 Å². The van der Waals surface area contributed by atoms with Crippen molar-refractivity contribution in [3.63, 3.8) is 0 Å². The summed E-state index contributed by atoms with van der Waals surface area (Å²) in [6.45, 7) is 0.494. The Labute approximate surface area is 197 Å². The minimum atomic E-state index is -3.76. The SMILES string of the molecule is O=C1C(n2cnc3cc(Cl)c(Cl)cc32)CCN1c1ccc(S(=O)(=O)Nc2nccs2)cc1. The van der Waals surface area contributed by atoms with E-state index in [1.165, 1.54) is 29.7 Å². The van der Waals surface area contributed by atoms with Crippen LogP contribution in [-0.4, -0.2) is 35.4 Å². The molecule has 5 rings (SSSR count). The Bertz CT molecular complexity index is 1420. The van der Waals surface area contributed by atoms with Crippen molar-refractivity contribution in [1.29, 1.82) is 0 Å². The molecular formula is C20H15Cl2N5O3S2. The largest absolute Gasteiger partial charge is 0.318 e. The summed E-state index contributed by atoms with van der Waals surface area (Å²) < 4.78 is 29.3. The van der Waals surface area contributed by atoms with Gasteiger partial charge in [-0.25, -0.2) is 18.4 Å². The molecule has 1 atom stereocenters. The van der Waals surface area contributed by atoms with Crippen molar-refractivity contribution in [2.45, 2.75) is 17.4 Å². The number of hydrogen-bond acceptors (Lipinski definition) is 6. The molecule has 2 aromatic carbocycles. The molecule has 1 amide bonds. The Morgan fingerprint density at radius 3 is 2.56 bits per heavy atom. The Hall–Kier alpha value is -2.66. The minimum absolute atomic E-state index is 0.0896. The van der Waals surface area contributed by atoms with Gasteiger partial charge in [0.2, 0.25) is 5.91 Å². The van der Waals surface area contributed by atoms with Crippen molar-refractivity contribution in [3.8, 4) is 0 Å². The van der Waals surface area contributed by atoms with E-state index in [1.54, 1.807) is 45.4 Å². The van der Waals surface area contributed by atoms with Gasteiger partial charge in [0, 0.05) is 23.8 Å². The number of nitrogens with zero attached hydrogens (tertiary/aromatic N) is 4. The van der Waals surface area contributed by atoms with E-state index in [2.05, 4.69) is 14.7 Å². The van der Waals surface area contributed by atoms with Crippen LogP contribution in [0.3, 0.4) is 0 Å². The molecular weight excluding hydrogens is 493 g/mol. The van der Waals surface area contributed by atoms with Crippen molar-refractivity contribution in [1.82, 2.24) is 14.5 Å². The number of rotatable bonds is 5. The molecule has 3 heterocycles. The zero-order chi connectivity index (χ0) is 22.5. The fourth-order valence-electron chi connectivity index (χ4n) is 3.70. The van der Waals surface area contributed by atoms with Gasteiger partial charge in [0.25, 0.3) is 10.0 Å². The summed E-state index contributed by atoms with van der Waals surface area (Å²) >= 11 is 13.4. The Morgan fingerprint density at radius 2 is 1.84 bits per heavy atom. The smallest absolute Gasteiger partial charge is 0.263 e. The van der Waals surface area contributed by atoms with Crippen LogP contribution in [0.1, 0.15) is 12.5 Å². The molecule has 164 valence electrons. The van der Waals surface area contributed by atoms with Crippen LogP contribution in [0.5, 0.6) is 0 Å². The van der Waals surface area contributed by atoms with E-state index < -0.39 is 16.1 Å². The number of carbonyl (C=O) groups excluding carboxylic acids is 1. The number of aromatic nitrogens is 3. The average Bonchev–Trinajstić information content (AvgIpc) is 3.49. The van der Waals surface area contributed by atoms with E-state index in [0.29, 0.717) is 39.3 Å². The number of nitrogens with one attached hydrogen (secondary N) is 1. The summed E-state index contributed by atoms with van der Waals surface area (Å²) in [7, 11) is -3.76. The van der Waals surface area contributed by atoms with Crippen molar-refractivity contribution < 1.29 is 13.2 Å². The second kappa shape index (κ2) is 8.04. The maximum absolute atomic E-state index is 13.2. The summed E-state index contributed by atoms with van der Waals surface area (Å²) in [4.78, 5) is 23.2. The van der Waals surface area contributed by atoms with E-state index in [9.17, 15) is 13.2 Å². The molecule has 4 aromatic rings. The molecule has 0 bridgehead atoms. The number of anilines is 2. The minimum Gasteiger partial charge on any atom is -0.318 e. The topological polar surface area (TPSA) is 97.2 Å². The van der Waals surface area contributed by atoms with Gasteiger partial charge < -0.3 is 9.47 Å². The van der Waals surface area contributed by atoms with Crippen LogP contribution < -0.4 is 9.62 Å². The molecule has 1 unspecified atom stereocenters. The highest BCUT2D eigenvalue weighted by molar-refractivity contribution is 7.93. The first-order valence-corrected chi connectivity index (χ1v) is 12.6. The number of hydrogen-bond donors (Lipinski definition) is 1. The Balaban J connectivity index is 1.38. The maximum Gasteiger partial charge on any atom is 0.263 e. The van der Waals surface area contributed by atoms with Gasteiger partial charge in [-0.15, -0.1) is 11.3 Å². The molecule has 0 saturated carbocycles. The normalized spacial score (nSPS) is 16.8. The lowest BCUT2D eigenvalue weighted by Crippen LogP contribution is -2.28. The molecule has 1 aliphatic rings. The zero-order valence-corrected chi connectivity index (χ0v) is 19.4. The van der Waals surface area contributed by atoms with Crippen molar-refractivity contribution in [3.05, 3.63) is 64.3 Å². The number of thiazole rings is 1. The summed E-state index contributed by atoms with van der Waals surface area (Å²) in [5.41, 5.74) is 2.01. The number of carbonyl (C=O) groups is 1. The molecule has 32 heavy (non-hydrogen) atoms. The van der Waals surface area contributed by atoms with Crippen LogP contribution in [0, 0.1) is 0 Å². The average molecular weight is 508 g/mol. The molecule has 0 radical (unpaired) electrons. The summed E-state index contributed by atoms with van der Waals surface area (Å²) in [6, 6.07) is 9.13. The van der Waals surface area contributed by atoms with Crippen LogP contribution in [0.25, 0.3) is 11.0 Å². The predicted octanol–water partition coefficient (Wildman–Crippen LogP) is 4.58. The van der Waals surface area contributed by atoms with Crippen molar-refractivity contribution in [2.24, 2.45) is 0 Å². The third-order valence-corrected chi connectivity index (χ3v) is 8.14. The van der Waals surface area contributed by atoms with Crippen molar-refractivity contribution in [2.75, 3.05) is 16.2 Å².